The highest BCUT2D eigenvalue weighted by Gasteiger charge is 2.32. The third kappa shape index (κ3) is 3.09. The molecule has 1 unspecified atom stereocenters. The normalized spacial score (nSPS) is 13.7. The maximum atomic E-state index is 13.7. The van der Waals surface area contributed by atoms with Crippen molar-refractivity contribution in [2.45, 2.75) is 19.4 Å². The lowest BCUT2D eigenvalue weighted by atomic mass is 10.1. The van der Waals surface area contributed by atoms with Crippen LogP contribution in [0.1, 0.15) is 24.3 Å². The molecule has 0 amide bonds. The van der Waals surface area contributed by atoms with Crippen molar-refractivity contribution in [1.29, 1.82) is 0 Å². The molecule has 0 aliphatic rings. The minimum absolute atomic E-state index is 0.0234. The molecule has 0 bridgehead atoms. The number of benzene rings is 1. The van der Waals surface area contributed by atoms with E-state index < -0.39 is 23.8 Å². The maximum Gasteiger partial charge on any atom is 0.416 e. The van der Waals surface area contributed by atoms with E-state index in [1.807, 2.05) is 0 Å². The van der Waals surface area contributed by atoms with E-state index in [0.717, 1.165) is 6.20 Å². The summed E-state index contributed by atoms with van der Waals surface area (Å²) < 4.78 is 56.7. The van der Waals surface area contributed by atoms with Crippen molar-refractivity contribution in [3.05, 3.63) is 40.3 Å². The zero-order valence-corrected chi connectivity index (χ0v) is 11.5. The van der Waals surface area contributed by atoms with Gasteiger partial charge in [-0.1, -0.05) is 11.6 Å². The maximum absolute atomic E-state index is 13.7. The second-order valence-corrected chi connectivity index (χ2v) is 4.57. The summed E-state index contributed by atoms with van der Waals surface area (Å²) in [6, 6.07) is 1.04. The Morgan fingerprint density at radius 1 is 1.38 bits per heavy atom. The highest BCUT2D eigenvalue weighted by atomic mass is 35.5. The van der Waals surface area contributed by atoms with Gasteiger partial charge >= 0.3 is 6.18 Å². The molecule has 0 aliphatic heterocycles. The molecule has 0 saturated heterocycles. The fourth-order valence-corrected chi connectivity index (χ4v) is 2.11. The van der Waals surface area contributed by atoms with Gasteiger partial charge < -0.3 is 9.84 Å². The number of hydrogen-bond donors (Lipinski definition) is 1. The van der Waals surface area contributed by atoms with Crippen LogP contribution in [0.5, 0.6) is 0 Å². The van der Waals surface area contributed by atoms with E-state index in [0.29, 0.717) is 12.1 Å². The van der Waals surface area contributed by atoms with Gasteiger partial charge in [-0.15, -0.1) is 0 Å². The van der Waals surface area contributed by atoms with Crippen molar-refractivity contribution in [1.82, 2.24) is 4.98 Å². The Morgan fingerprint density at radius 2 is 2.05 bits per heavy atom. The Morgan fingerprint density at radius 3 is 2.62 bits per heavy atom. The van der Waals surface area contributed by atoms with Crippen LogP contribution in [-0.2, 0) is 10.9 Å². The number of alkyl halides is 3. The van der Waals surface area contributed by atoms with Crippen LogP contribution < -0.4 is 0 Å². The van der Waals surface area contributed by atoms with Crippen molar-refractivity contribution in [3.63, 3.8) is 0 Å². The Bertz CT molecular complexity index is 675. The average molecular weight is 324 g/mol. The summed E-state index contributed by atoms with van der Waals surface area (Å²) >= 11 is 5.95. The van der Waals surface area contributed by atoms with Gasteiger partial charge in [0, 0.05) is 23.8 Å². The number of pyridine rings is 1. The second kappa shape index (κ2) is 5.75. The van der Waals surface area contributed by atoms with Crippen molar-refractivity contribution >= 4 is 22.5 Å². The summed E-state index contributed by atoms with van der Waals surface area (Å²) in [5.41, 5.74) is -1.51. The quantitative estimate of drug-likeness (QED) is 0.684. The molecule has 1 atom stereocenters. The van der Waals surface area contributed by atoms with E-state index in [4.69, 9.17) is 16.3 Å². The Hall–Kier alpha value is -1.44. The van der Waals surface area contributed by atoms with E-state index in [9.17, 15) is 22.7 Å². The Balaban J connectivity index is 2.68. The van der Waals surface area contributed by atoms with E-state index in [1.54, 1.807) is 6.92 Å². The second-order valence-electron chi connectivity index (χ2n) is 4.19. The molecular weight excluding hydrogens is 314 g/mol. The Kier molecular flexibility index (Phi) is 4.36. The average Bonchev–Trinajstić information content (AvgIpc) is 2.38. The van der Waals surface area contributed by atoms with Crippen LogP contribution >= 0.6 is 11.6 Å². The summed E-state index contributed by atoms with van der Waals surface area (Å²) in [6.45, 7) is 1.78. The van der Waals surface area contributed by atoms with Crippen LogP contribution in [0.15, 0.2) is 18.3 Å². The third-order valence-corrected chi connectivity index (χ3v) is 3.23. The van der Waals surface area contributed by atoms with Crippen molar-refractivity contribution in [3.8, 4) is 0 Å². The fraction of sp³-hybridized carbons (Fsp3) is 0.308. The number of ether oxygens (including phenoxy) is 1. The first kappa shape index (κ1) is 15.9. The van der Waals surface area contributed by atoms with Gasteiger partial charge in [-0.2, -0.15) is 13.2 Å². The van der Waals surface area contributed by atoms with Crippen molar-refractivity contribution in [2.75, 3.05) is 6.61 Å². The number of fused-ring (bicyclic) bond motifs is 1. The monoisotopic (exact) mass is 323 g/mol. The molecule has 0 radical (unpaired) electrons. The molecular formula is C13H10ClF4NO2. The highest BCUT2D eigenvalue weighted by Crippen LogP contribution is 2.36. The first-order valence-electron chi connectivity index (χ1n) is 5.90. The molecule has 1 aromatic heterocycles. The molecule has 21 heavy (non-hydrogen) atoms. The lowest BCUT2D eigenvalue weighted by molar-refractivity contribution is -0.137. The molecule has 2 aromatic rings. The number of aliphatic hydroxyl groups excluding tert-OH is 1. The van der Waals surface area contributed by atoms with Crippen LogP contribution in [0, 0.1) is 5.82 Å². The number of rotatable bonds is 3. The first-order valence-corrected chi connectivity index (χ1v) is 6.28. The number of halogens is 5. The summed E-state index contributed by atoms with van der Waals surface area (Å²) in [6.07, 6.45) is -5.09. The fourth-order valence-electron chi connectivity index (χ4n) is 1.83. The molecule has 8 heteroatoms. The molecule has 114 valence electrons. The molecule has 0 spiro atoms. The summed E-state index contributed by atoms with van der Waals surface area (Å²) in [4.78, 5) is 3.70. The van der Waals surface area contributed by atoms with E-state index in [-0.39, 0.29) is 28.1 Å². The summed E-state index contributed by atoms with van der Waals surface area (Å²) in [7, 11) is 0. The predicted octanol–water partition coefficient (Wildman–Crippen LogP) is 4.07. The van der Waals surface area contributed by atoms with Gasteiger partial charge in [-0.3, -0.25) is 4.98 Å². The molecule has 0 aliphatic carbocycles. The van der Waals surface area contributed by atoms with Crippen LogP contribution in [0.4, 0.5) is 17.6 Å². The van der Waals surface area contributed by atoms with Gasteiger partial charge in [0.15, 0.2) is 6.29 Å². The Labute approximate surface area is 122 Å². The molecule has 1 aromatic carbocycles. The number of aliphatic hydroxyl groups is 1. The first-order chi connectivity index (χ1) is 9.75. The van der Waals surface area contributed by atoms with Crippen LogP contribution in [0.25, 0.3) is 10.9 Å². The van der Waals surface area contributed by atoms with Gasteiger partial charge in [0.2, 0.25) is 0 Å². The lowest BCUT2D eigenvalue weighted by Gasteiger charge is -2.15. The van der Waals surface area contributed by atoms with Crippen LogP contribution in [0.3, 0.4) is 0 Å². The predicted molar refractivity (Wildman–Crippen MR) is 68.3 cm³/mol. The van der Waals surface area contributed by atoms with Crippen molar-refractivity contribution < 1.29 is 27.4 Å². The topological polar surface area (TPSA) is 42.4 Å². The van der Waals surface area contributed by atoms with Gasteiger partial charge in [-0.25, -0.2) is 4.39 Å². The van der Waals surface area contributed by atoms with E-state index in [1.165, 1.54) is 0 Å². The van der Waals surface area contributed by atoms with E-state index >= 15 is 0 Å². The molecule has 2 rings (SSSR count). The van der Waals surface area contributed by atoms with Gasteiger partial charge in [0.1, 0.15) is 11.3 Å². The van der Waals surface area contributed by atoms with Crippen LogP contribution in [0.2, 0.25) is 5.02 Å². The minimum Gasteiger partial charge on any atom is -0.364 e. The number of hydrogen-bond acceptors (Lipinski definition) is 3. The smallest absolute Gasteiger partial charge is 0.364 e. The van der Waals surface area contributed by atoms with Crippen molar-refractivity contribution in [2.24, 2.45) is 0 Å². The van der Waals surface area contributed by atoms with Crippen LogP contribution in [-0.4, -0.2) is 16.7 Å². The number of nitrogens with zero attached hydrogens (tertiary/aromatic N) is 1. The highest BCUT2D eigenvalue weighted by molar-refractivity contribution is 6.36. The molecule has 1 N–H and O–H groups in total. The van der Waals surface area contributed by atoms with Gasteiger partial charge in [-0.05, 0) is 19.1 Å². The number of aromatic nitrogens is 1. The molecule has 1 heterocycles. The molecule has 0 fully saturated rings. The lowest BCUT2D eigenvalue weighted by Crippen LogP contribution is -2.08. The zero-order chi connectivity index (χ0) is 15.8. The minimum atomic E-state index is -4.72. The summed E-state index contributed by atoms with van der Waals surface area (Å²) in [5, 5.41) is 9.23. The van der Waals surface area contributed by atoms with E-state index in [2.05, 4.69) is 4.98 Å². The van der Waals surface area contributed by atoms with Gasteiger partial charge in [0.25, 0.3) is 0 Å². The molecule has 0 saturated carbocycles. The molecule has 3 nitrogen and oxygen atoms in total. The standard InChI is InChI=1S/C13H10ClF4NO2/c1-2-21-12(20)8-5-19-11-7(10(8)14)3-6(4-9(11)15)13(16,17)18/h3-5,12,20H,2H2,1H3. The van der Waals surface area contributed by atoms with Gasteiger partial charge in [0.05, 0.1) is 10.6 Å². The summed E-state index contributed by atoms with van der Waals surface area (Å²) in [5.74, 6) is -1.14. The largest absolute Gasteiger partial charge is 0.416 e. The third-order valence-electron chi connectivity index (χ3n) is 2.80. The SMILES string of the molecule is CCOC(O)c1cnc2c(F)cc(C(F)(F)F)cc2c1Cl. The zero-order valence-electron chi connectivity index (χ0n) is 10.7.